The number of rotatable bonds is 8. The van der Waals surface area contributed by atoms with E-state index in [0.717, 1.165) is 49.4 Å². The van der Waals surface area contributed by atoms with Crippen LogP contribution in [0.4, 0.5) is 10.1 Å². The predicted octanol–water partition coefficient (Wildman–Crippen LogP) is 4.23. The van der Waals surface area contributed by atoms with E-state index in [4.69, 9.17) is 11.6 Å². The molecule has 5 nitrogen and oxygen atoms in total. The molecule has 0 radical (unpaired) electrons. The zero-order valence-electron chi connectivity index (χ0n) is 15.5. The van der Waals surface area contributed by atoms with E-state index >= 15 is 0 Å². The van der Waals surface area contributed by atoms with Gasteiger partial charge in [0.1, 0.15) is 5.82 Å². The molecule has 28 heavy (non-hydrogen) atoms. The van der Waals surface area contributed by atoms with Gasteiger partial charge in [-0.05, 0) is 55.2 Å². The Morgan fingerprint density at radius 3 is 2.43 bits per heavy atom. The maximum Gasteiger partial charge on any atom is 0.261 e. The lowest BCUT2D eigenvalue weighted by Gasteiger charge is -2.16. The van der Waals surface area contributed by atoms with Crippen LogP contribution in [0.25, 0.3) is 0 Å². The zero-order chi connectivity index (χ0) is 20.4. The van der Waals surface area contributed by atoms with Gasteiger partial charge in [0.15, 0.2) is 0 Å². The van der Waals surface area contributed by atoms with Crippen LogP contribution in [0.3, 0.4) is 0 Å². The zero-order valence-corrected chi connectivity index (χ0v) is 17.0. The van der Waals surface area contributed by atoms with Gasteiger partial charge in [-0.3, -0.25) is 9.52 Å². The first-order chi connectivity index (χ1) is 13.3. The van der Waals surface area contributed by atoms with Gasteiger partial charge in [0.05, 0.1) is 15.3 Å². The van der Waals surface area contributed by atoms with E-state index in [-0.39, 0.29) is 15.8 Å². The minimum absolute atomic E-state index is 0.0234. The van der Waals surface area contributed by atoms with Crippen LogP contribution in [0.2, 0.25) is 5.02 Å². The molecule has 3 rings (SSSR count). The molecule has 0 saturated heterocycles. The summed E-state index contributed by atoms with van der Waals surface area (Å²) in [4.78, 5) is 12.4. The Labute approximate surface area is 169 Å². The second-order valence-electron chi connectivity index (χ2n) is 6.95. The Kier molecular flexibility index (Phi) is 5.95. The number of nitrogens with one attached hydrogen (secondary N) is 2. The van der Waals surface area contributed by atoms with Crippen LogP contribution in [0.5, 0.6) is 0 Å². The quantitative estimate of drug-likeness (QED) is 0.623. The molecule has 0 heterocycles. The van der Waals surface area contributed by atoms with Gasteiger partial charge in [-0.15, -0.1) is 0 Å². The lowest BCUT2D eigenvalue weighted by molar-refractivity contribution is -0.123. The van der Waals surface area contributed by atoms with Gasteiger partial charge >= 0.3 is 0 Å². The Morgan fingerprint density at radius 1 is 1.18 bits per heavy atom. The summed E-state index contributed by atoms with van der Waals surface area (Å²) in [6, 6.07) is 10.00. The monoisotopic (exact) mass is 424 g/mol. The van der Waals surface area contributed by atoms with Gasteiger partial charge in [0.2, 0.25) is 5.91 Å². The number of carbonyl (C=O) groups excluding carboxylic acids is 1. The number of hydrogen-bond acceptors (Lipinski definition) is 3. The molecular formula is C20H22ClFN2O3S. The maximum absolute atomic E-state index is 13.3. The van der Waals surface area contributed by atoms with E-state index in [2.05, 4.69) is 17.0 Å². The van der Waals surface area contributed by atoms with Crippen LogP contribution in [-0.2, 0) is 20.2 Å². The topological polar surface area (TPSA) is 75.3 Å². The summed E-state index contributed by atoms with van der Waals surface area (Å²) in [5, 5.41) is 2.71. The Bertz CT molecular complexity index is 973. The van der Waals surface area contributed by atoms with Crippen LogP contribution in [-0.4, -0.2) is 20.9 Å². The van der Waals surface area contributed by atoms with E-state index in [1.165, 1.54) is 0 Å². The number of amides is 1. The highest BCUT2D eigenvalue weighted by Crippen LogP contribution is 2.48. The number of halogens is 2. The van der Waals surface area contributed by atoms with Crippen LogP contribution in [0.15, 0.2) is 47.4 Å². The molecule has 8 heteroatoms. The summed E-state index contributed by atoms with van der Waals surface area (Å²) >= 11 is 5.67. The van der Waals surface area contributed by atoms with Crippen LogP contribution >= 0.6 is 11.6 Å². The van der Waals surface area contributed by atoms with Crippen molar-refractivity contribution in [3.8, 4) is 0 Å². The lowest BCUT2D eigenvalue weighted by Crippen LogP contribution is -2.35. The van der Waals surface area contributed by atoms with Crippen molar-refractivity contribution in [2.24, 2.45) is 0 Å². The molecule has 1 aliphatic rings. The highest BCUT2D eigenvalue weighted by Gasteiger charge is 2.50. The summed E-state index contributed by atoms with van der Waals surface area (Å²) < 4.78 is 40.6. The molecule has 0 aliphatic heterocycles. The highest BCUT2D eigenvalue weighted by atomic mass is 35.5. The first-order valence-electron chi connectivity index (χ1n) is 9.15. The van der Waals surface area contributed by atoms with Gasteiger partial charge in [-0.1, -0.05) is 37.1 Å². The number of benzene rings is 2. The first kappa shape index (κ1) is 20.6. The fraction of sp³-hybridized carbons (Fsp3) is 0.350. The maximum atomic E-state index is 13.3. The molecule has 150 valence electrons. The second-order valence-corrected chi connectivity index (χ2v) is 9.04. The summed E-state index contributed by atoms with van der Waals surface area (Å²) in [6.45, 7) is 2.73. The molecule has 0 atom stereocenters. The van der Waals surface area contributed by atoms with Crippen molar-refractivity contribution in [3.63, 3.8) is 0 Å². The molecule has 1 aliphatic carbocycles. The smallest absolute Gasteiger partial charge is 0.261 e. The number of carbonyl (C=O) groups is 1. The third-order valence-corrected chi connectivity index (χ3v) is 6.56. The SMILES string of the molecule is CCCCNC(=O)C1(c2ccc(NS(=O)(=O)c3ccc(F)c(Cl)c3)cc2)CC1. The van der Waals surface area contributed by atoms with Crippen LogP contribution in [0, 0.1) is 5.82 Å². The summed E-state index contributed by atoms with van der Waals surface area (Å²) in [5.74, 6) is -0.660. The molecular weight excluding hydrogens is 403 g/mol. The molecule has 2 aromatic rings. The van der Waals surface area contributed by atoms with Gasteiger partial charge < -0.3 is 5.32 Å². The lowest BCUT2D eigenvalue weighted by atomic mass is 9.94. The van der Waals surface area contributed by atoms with E-state index in [1.54, 1.807) is 24.3 Å². The minimum Gasteiger partial charge on any atom is -0.355 e. The van der Waals surface area contributed by atoms with Crippen molar-refractivity contribution in [3.05, 3.63) is 58.9 Å². The van der Waals surface area contributed by atoms with Gasteiger partial charge in [0, 0.05) is 12.2 Å². The molecule has 1 fully saturated rings. The summed E-state index contributed by atoms with van der Waals surface area (Å²) in [5.41, 5.74) is 0.718. The Morgan fingerprint density at radius 2 is 1.86 bits per heavy atom. The van der Waals surface area contributed by atoms with Gasteiger partial charge in [-0.25, -0.2) is 12.8 Å². The van der Waals surface area contributed by atoms with Crippen molar-refractivity contribution >= 4 is 33.2 Å². The number of hydrogen-bond donors (Lipinski definition) is 2. The molecule has 0 spiro atoms. The number of anilines is 1. The Balaban J connectivity index is 1.72. The molecule has 1 amide bonds. The third kappa shape index (κ3) is 4.31. The number of unbranched alkanes of at least 4 members (excludes halogenated alkanes) is 1. The Hall–Kier alpha value is -2.12. The van der Waals surface area contributed by atoms with Crippen molar-refractivity contribution < 1.29 is 17.6 Å². The number of sulfonamides is 1. The second kappa shape index (κ2) is 8.09. The highest BCUT2D eigenvalue weighted by molar-refractivity contribution is 7.92. The fourth-order valence-electron chi connectivity index (χ4n) is 3.04. The average molecular weight is 425 g/mol. The van der Waals surface area contributed by atoms with Crippen LogP contribution < -0.4 is 10.0 Å². The van der Waals surface area contributed by atoms with E-state index in [0.29, 0.717) is 12.2 Å². The van der Waals surface area contributed by atoms with Gasteiger partial charge in [-0.2, -0.15) is 0 Å². The first-order valence-corrected chi connectivity index (χ1v) is 11.0. The van der Waals surface area contributed by atoms with E-state index < -0.39 is 21.3 Å². The third-order valence-electron chi connectivity index (χ3n) is 4.89. The van der Waals surface area contributed by atoms with Crippen LogP contribution in [0.1, 0.15) is 38.2 Å². The fourth-order valence-corrected chi connectivity index (χ4v) is 4.36. The normalized spacial score (nSPS) is 15.1. The molecule has 2 aromatic carbocycles. The molecule has 2 N–H and O–H groups in total. The van der Waals surface area contributed by atoms with E-state index in [9.17, 15) is 17.6 Å². The minimum atomic E-state index is -3.90. The predicted molar refractivity (Wildman–Crippen MR) is 107 cm³/mol. The largest absolute Gasteiger partial charge is 0.355 e. The van der Waals surface area contributed by atoms with Crippen molar-refractivity contribution in [2.45, 2.75) is 42.9 Å². The molecule has 0 aromatic heterocycles. The summed E-state index contributed by atoms with van der Waals surface area (Å²) in [6.07, 6.45) is 3.52. The average Bonchev–Trinajstić information content (AvgIpc) is 3.46. The standard InChI is InChI=1S/C20H22ClFN2O3S/c1-2-3-12-23-19(25)20(10-11-20)14-4-6-15(7-5-14)24-28(26,27)16-8-9-18(22)17(21)13-16/h4-9,13,24H,2-3,10-12H2,1H3,(H,23,25). The van der Waals surface area contributed by atoms with Crippen molar-refractivity contribution in [2.75, 3.05) is 11.3 Å². The van der Waals surface area contributed by atoms with Crippen molar-refractivity contribution in [1.29, 1.82) is 0 Å². The molecule has 1 saturated carbocycles. The van der Waals surface area contributed by atoms with Crippen molar-refractivity contribution in [1.82, 2.24) is 5.32 Å². The molecule has 0 unspecified atom stereocenters. The molecule has 0 bridgehead atoms. The summed E-state index contributed by atoms with van der Waals surface area (Å²) in [7, 11) is -3.90. The van der Waals surface area contributed by atoms with E-state index in [1.807, 2.05) is 0 Å². The van der Waals surface area contributed by atoms with Gasteiger partial charge in [0.25, 0.3) is 10.0 Å².